The Morgan fingerprint density at radius 2 is 1.79 bits per heavy atom. The zero-order valence-corrected chi connectivity index (χ0v) is 11.4. The van der Waals surface area contributed by atoms with Gasteiger partial charge in [-0.05, 0) is 30.7 Å². The van der Waals surface area contributed by atoms with Gasteiger partial charge < -0.3 is 5.32 Å². The Balaban J connectivity index is 1.88. The van der Waals surface area contributed by atoms with Crippen LogP contribution in [0.25, 0.3) is 0 Å². The van der Waals surface area contributed by atoms with E-state index in [0.29, 0.717) is 12.1 Å². The van der Waals surface area contributed by atoms with Crippen molar-refractivity contribution in [3.8, 4) is 0 Å². The molecule has 0 saturated heterocycles. The maximum absolute atomic E-state index is 13.7. The fourth-order valence-corrected chi connectivity index (χ4v) is 2.47. The van der Waals surface area contributed by atoms with E-state index in [1.807, 2.05) is 30.3 Å². The molecule has 0 unspecified atom stereocenters. The summed E-state index contributed by atoms with van der Waals surface area (Å²) in [5.74, 6) is -0.311. The highest BCUT2D eigenvalue weighted by Crippen LogP contribution is 2.22. The predicted octanol–water partition coefficient (Wildman–Crippen LogP) is 4.48. The number of hydrogen-bond donors (Lipinski definition) is 1. The molecular formula is C15H15F2NS. The Kier molecular flexibility index (Phi) is 4.80. The summed E-state index contributed by atoms with van der Waals surface area (Å²) in [6, 6.07) is 12.6. The van der Waals surface area contributed by atoms with Crippen LogP contribution in [0.3, 0.4) is 0 Å². The fraction of sp³-hybridized carbons (Fsp3) is 0.200. The number of benzene rings is 2. The molecule has 0 aromatic heterocycles. The molecule has 0 aliphatic carbocycles. The molecule has 0 spiro atoms. The largest absolute Gasteiger partial charge is 0.379 e. The minimum Gasteiger partial charge on any atom is -0.379 e. The van der Waals surface area contributed by atoms with Gasteiger partial charge in [0, 0.05) is 17.2 Å². The van der Waals surface area contributed by atoms with E-state index in [4.69, 9.17) is 0 Å². The van der Waals surface area contributed by atoms with Gasteiger partial charge in [-0.25, -0.2) is 8.78 Å². The SMILES string of the molecule is Cc1ccc(F)c(NCCSc2ccccc2)c1F. The Hall–Kier alpha value is -1.55. The second kappa shape index (κ2) is 6.57. The Bertz CT molecular complexity index is 543. The summed E-state index contributed by atoms with van der Waals surface area (Å²) in [6.07, 6.45) is 0. The zero-order chi connectivity index (χ0) is 13.7. The highest BCUT2D eigenvalue weighted by molar-refractivity contribution is 7.99. The van der Waals surface area contributed by atoms with Crippen LogP contribution in [0.4, 0.5) is 14.5 Å². The molecule has 2 aromatic carbocycles. The van der Waals surface area contributed by atoms with Crippen LogP contribution in [0.2, 0.25) is 0 Å². The molecule has 0 bridgehead atoms. The van der Waals surface area contributed by atoms with E-state index in [9.17, 15) is 8.78 Å². The van der Waals surface area contributed by atoms with E-state index < -0.39 is 11.6 Å². The lowest BCUT2D eigenvalue weighted by molar-refractivity contribution is 0.583. The molecule has 2 rings (SSSR count). The van der Waals surface area contributed by atoms with Gasteiger partial charge in [0.1, 0.15) is 11.5 Å². The summed E-state index contributed by atoms with van der Waals surface area (Å²) in [6.45, 7) is 2.13. The predicted molar refractivity (Wildman–Crippen MR) is 76.8 cm³/mol. The lowest BCUT2D eigenvalue weighted by atomic mass is 10.2. The van der Waals surface area contributed by atoms with Crippen LogP contribution >= 0.6 is 11.8 Å². The van der Waals surface area contributed by atoms with Crippen LogP contribution in [0, 0.1) is 18.6 Å². The van der Waals surface area contributed by atoms with Crippen molar-refractivity contribution in [1.82, 2.24) is 0 Å². The molecule has 19 heavy (non-hydrogen) atoms. The summed E-state index contributed by atoms with van der Waals surface area (Å²) < 4.78 is 27.2. The number of halogens is 2. The van der Waals surface area contributed by atoms with Crippen molar-refractivity contribution in [3.63, 3.8) is 0 Å². The second-order valence-corrected chi connectivity index (χ2v) is 5.31. The van der Waals surface area contributed by atoms with Crippen LogP contribution in [-0.4, -0.2) is 12.3 Å². The first-order chi connectivity index (χ1) is 9.18. The van der Waals surface area contributed by atoms with Crippen molar-refractivity contribution >= 4 is 17.4 Å². The van der Waals surface area contributed by atoms with E-state index in [1.165, 1.54) is 12.1 Å². The zero-order valence-electron chi connectivity index (χ0n) is 10.6. The van der Waals surface area contributed by atoms with Gasteiger partial charge in [0.05, 0.1) is 0 Å². The van der Waals surface area contributed by atoms with Crippen molar-refractivity contribution in [3.05, 3.63) is 59.7 Å². The minimum absolute atomic E-state index is 0.0336. The number of nitrogens with one attached hydrogen (secondary N) is 1. The number of aryl methyl sites for hydroxylation is 1. The van der Waals surface area contributed by atoms with Gasteiger partial charge in [-0.2, -0.15) is 0 Å². The molecule has 100 valence electrons. The van der Waals surface area contributed by atoms with E-state index in [-0.39, 0.29) is 5.69 Å². The molecule has 4 heteroatoms. The number of thioether (sulfide) groups is 1. The van der Waals surface area contributed by atoms with Gasteiger partial charge in [-0.3, -0.25) is 0 Å². The second-order valence-electron chi connectivity index (χ2n) is 4.14. The van der Waals surface area contributed by atoms with E-state index >= 15 is 0 Å². The number of hydrogen-bond acceptors (Lipinski definition) is 2. The molecule has 0 amide bonds. The highest BCUT2D eigenvalue weighted by Gasteiger charge is 2.10. The topological polar surface area (TPSA) is 12.0 Å². The maximum Gasteiger partial charge on any atom is 0.152 e. The molecule has 0 heterocycles. The van der Waals surface area contributed by atoms with Crippen molar-refractivity contribution in [2.45, 2.75) is 11.8 Å². The quantitative estimate of drug-likeness (QED) is 0.640. The molecule has 0 atom stereocenters. The fourth-order valence-electron chi connectivity index (χ4n) is 1.68. The van der Waals surface area contributed by atoms with Crippen LogP contribution in [-0.2, 0) is 0 Å². The lowest BCUT2D eigenvalue weighted by Gasteiger charge is -2.10. The minimum atomic E-state index is -0.548. The van der Waals surface area contributed by atoms with Crippen molar-refractivity contribution in [1.29, 1.82) is 0 Å². The first kappa shape index (κ1) is 13.9. The van der Waals surface area contributed by atoms with Crippen LogP contribution in [0.1, 0.15) is 5.56 Å². The van der Waals surface area contributed by atoms with Gasteiger partial charge in [0.2, 0.25) is 0 Å². The van der Waals surface area contributed by atoms with Gasteiger partial charge in [-0.1, -0.05) is 24.3 Å². The molecule has 0 radical (unpaired) electrons. The number of anilines is 1. The first-order valence-corrected chi connectivity index (χ1v) is 7.03. The molecule has 0 saturated carbocycles. The molecule has 1 nitrogen and oxygen atoms in total. The first-order valence-electron chi connectivity index (χ1n) is 6.05. The Labute approximate surface area is 116 Å². The Morgan fingerprint density at radius 3 is 2.53 bits per heavy atom. The third-order valence-electron chi connectivity index (χ3n) is 2.70. The van der Waals surface area contributed by atoms with E-state index in [2.05, 4.69) is 5.32 Å². The molecule has 0 aliphatic heterocycles. The molecule has 0 fully saturated rings. The smallest absolute Gasteiger partial charge is 0.152 e. The highest BCUT2D eigenvalue weighted by atomic mass is 32.2. The van der Waals surface area contributed by atoms with Crippen molar-refractivity contribution in [2.24, 2.45) is 0 Å². The van der Waals surface area contributed by atoms with Gasteiger partial charge >= 0.3 is 0 Å². The van der Waals surface area contributed by atoms with Crippen molar-refractivity contribution in [2.75, 3.05) is 17.6 Å². The Morgan fingerprint density at radius 1 is 1.05 bits per heavy atom. The molecule has 2 aromatic rings. The van der Waals surface area contributed by atoms with Crippen LogP contribution in [0.15, 0.2) is 47.4 Å². The van der Waals surface area contributed by atoms with Crippen molar-refractivity contribution < 1.29 is 8.78 Å². The third-order valence-corrected chi connectivity index (χ3v) is 3.71. The van der Waals surface area contributed by atoms with Crippen LogP contribution < -0.4 is 5.32 Å². The summed E-state index contributed by atoms with van der Waals surface area (Å²) in [5, 5.41) is 2.82. The average molecular weight is 279 g/mol. The summed E-state index contributed by atoms with van der Waals surface area (Å²) in [7, 11) is 0. The maximum atomic E-state index is 13.7. The average Bonchev–Trinajstić information content (AvgIpc) is 2.43. The van der Waals surface area contributed by atoms with Gasteiger partial charge in [-0.15, -0.1) is 11.8 Å². The van der Waals surface area contributed by atoms with Crippen LogP contribution in [0.5, 0.6) is 0 Å². The lowest BCUT2D eigenvalue weighted by Crippen LogP contribution is -2.08. The number of rotatable bonds is 5. The third kappa shape index (κ3) is 3.70. The normalized spacial score (nSPS) is 10.5. The summed E-state index contributed by atoms with van der Waals surface area (Å²) in [5.41, 5.74) is 0.410. The standard InChI is InChI=1S/C15H15F2NS/c1-11-7-8-13(16)15(14(11)17)18-9-10-19-12-5-3-2-4-6-12/h2-8,18H,9-10H2,1H3. The summed E-state index contributed by atoms with van der Waals surface area (Å²) in [4.78, 5) is 1.15. The molecular weight excluding hydrogens is 264 g/mol. The monoisotopic (exact) mass is 279 g/mol. The van der Waals surface area contributed by atoms with Gasteiger partial charge in [0.25, 0.3) is 0 Å². The van der Waals surface area contributed by atoms with E-state index in [1.54, 1.807) is 18.7 Å². The molecule has 0 aliphatic rings. The van der Waals surface area contributed by atoms with Gasteiger partial charge in [0.15, 0.2) is 5.82 Å². The van der Waals surface area contributed by atoms with E-state index in [0.717, 1.165) is 10.6 Å². The summed E-state index contributed by atoms with van der Waals surface area (Å²) >= 11 is 1.65. The molecule has 1 N–H and O–H groups in total.